The highest BCUT2D eigenvalue weighted by atomic mass is 19.4. The zero-order valence-corrected chi connectivity index (χ0v) is 14.7. The minimum Gasteiger partial charge on any atom is -0.345 e. The normalized spacial score (nSPS) is 27.2. The van der Waals surface area contributed by atoms with Gasteiger partial charge in [-0.1, -0.05) is 0 Å². The van der Waals surface area contributed by atoms with Crippen LogP contribution in [-0.2, 0) is 5.54 Å². The van der Waals surface area contributed by atoms with E-state index in [1.165, 1.54) is 23.6 Å². The number of fused-ring (bicyclic) bond motifs is 1. The second kappa shape index (κ2) is 5.86. The molecule has 7 nitrogen and oxygen atoms in total. The zero-order chi connectivity index (χ0) is 19.5. The molecule has 2 aliphatic carbocycles. The Balaban J connectivity index is 1.23. The molecule has 3 aliphatic rings. The lowest BCUT2D eigenvalue weighted by Crippen LogP contribution is -2.34. The Hall–Kier alpha value is -2.78. The third-order valence-electron chi connectivity index (χ3n) is 5.97. The molecule has 1 amide bonds. The second-order valence-electron chi connectivity index (χ2n) is 7.73. The zero-order valence-electron chi connectivity index (χ0n) is 14.7. The highest BCUT2D eigenvalue weighted by Gasteiger charge is 2.67. The predicted octanol–water partition coefficient (Wildman–Crippen LogP) is 2.25. The summed E-state index contributed by atoms with van der Waals surface area (Å²) in [6.07, 6.45) is 5.44. The van der Waals surface area contributed by atoms with Crippen molar-refractivity contribution < 1.29 is 18.0 Å². The monoisotopic (exact) mass is 390 g/mol. The number of hydrogen-bond donors (Lipinski definition) is 1. The highest BCUT2D eigenvalue weighted by molar-refractivity contribution is 5.94. The van der Waals surface area contributed by atoms with Crippen LogP contribution in [0.3, 0.4) is 0 Å². The number of halogens is 3. The maximum atomic E-state index is 12.8. The van der Waals surface area contributed by atoms with Gasteiger partial charge in [0, 0.05) is 43.4 Å². The number of piperidine rings is 1. The molecule has 0 spiro atoms. The Morgan fingerprint density at radius 3 is 2.21 bits per heavy atom. The van der Waals surface area contributed by atoms with Gasteiger partial charge in [-0.3, -0.25) is 4.79 Å². The van der Waals surface area contributed by atoms with Crippen LogP contribution in [0.25, 0.3) is 0 Å². The van der Waals surface area contributed by atoms with Crippen molar-refractivity contribution in [1.29, 1.82) is 0 Å². The first kappa shape index (κ1) is 17.3. The largest absolute Gasteiger partial charge is 0.392 e. The maximum absolute atomic E-state index is 12.8. The van der Waals surface area contributed by atoms with E-state index in [2.05, 4.69) is 25.3 Å². The molecule has 2 saturated carbocycles. The lowest BCUT2D eigenvalue weighted by molar-refractivity contribution is -0.156. The Bertz CT molecular complexity index is 888. The number of carbonyl (C=O) groups excluding carboxylic acids is 1. The summed E-state index contributed by atoms with van der Waals surface area (Å²) >= 11 is 0. The third-order valence-corrected chi connectivity index (χ3v) is 5.97. The molecule has 146 valence electrons. The minimum atomic E-state index is -4.16. The summed E-state index contributed by atoms with van der Waals surface area (Å²) in [5, 5.41) is 3.27. The third kappa shape index (κ3) is 2.87. The molecule has 2 aromatic heterocycles. The van der Waals surface area contributed by atoms with Crippen LogP contribution in [0.5, 0.6) is 0 Å². The van der Waals surface area contributed by atoms with Gasteiger partial charge in [0.15, 0.2) is 0 Å². The number of carbonyl (C=O) groups is 1. The number of rotatable bonds is 4. The number of alkyl halides is 3. The van der Waals surface area contributed by atoms with Gasteiger partial charge in [0.05, 0.1) is 17.0 Å². The molecule has 2 aromatic rings. The van der Waals surface area contributed by atoms with Gasteiger partial charge in [-0.2, -0.15) is 13.2 Å². The summed E-state index contributed by atoms with van der Waals surface area (Å²) in [4.78, 5) is 30.5. The molecule has 2 unspecified atom stereocenters. The lowest BCUT2D eigenvalue weighted by atomic mass is 10.1. The Morgan fingerprint density at radius 1 is 1.07 bits per heavy atom. The average Bonchev–Trinajstić information content (AvgIpc) is 3.58. The molecule has 2 atom stereocenters. The smallest absolute Gasteiger partial charge is 0.345 e. The number of nitrogens with zero attached hydrogens (tertiary/aromatic N) is 5. The average molecular weight is 390 g/mol. The summed E-state index contributed by atoms with van der Waals surface area (Å²) in [6, 6.07) is 0. The van der Waals surface area contributed by atoms with Crippen molar-refractivity contribution in [2.75, 3.05) is 18.4 Å². The van der Waals surface area contributed by atoms with E-state index < -0.39 is 23.9 Å². The molecule has 10 heteroatoms. The van der Waals surface area contributed by atoms with Crippen LogP contribution >= 0.6 is 0 Å². The van der Waals surface area contributed by atoms with E-state index in [-0.39, 0.29) is 30.1 Å². The molecule has 0 radical (unpaired) electrons. The van der Waals surface area contributed by atoms with E-state index in [0.717, 1.165) is 18.4 Å². The molecule has 1 saturated heterocycles. The van der Waals surface area contributed by atoms with Gasteiger partial charge in [0.2, 0.25) is 5.95 Å². The van der Waals surface area contributed by atoms with Crippen LogP contribution in [0.1, 0.15) is 28.8 Å². The topological polar surface area (TPSA) is 83.9 Å². The van der Waals surface area contributed by atoms with Crippen molar-refractivity contribution in [3.05, 3.63) is 42.2 Å². The fourth-order valence-corrected chi connectivity index (χ4v) is 4.23. The van der Waals surface area contributed by atoms with Gasteiger partial charge in [-0.25, -0.2) is 19.9 Å². The van der Waals surface area contributed by atoms with E-state index in [4.69, 9.17) is 0 Å². The Kier molecular flexibility index (Phi) is 3.62. The van der Waals surface area contributed by atoms with Crippen LogP contribution in [-0.4, -0.2) is 50.0 Å². The summed E-state index contributed by atoms with van der Waals surface area (Å²) in [5.74, 6) is -2.12. The lowest BCUT2D eigenvalue weighted by Gasteiger charge is -2.21. The van der Waals surface area contributed by atoms with E-state index in [1.807, 2.05) is 0 Å². The first-order valence-electron chi connectivity index (χ1n) is 9.09. The van der Waals surface area contributed by atoms with Crippen molar-refractivity contribution in [2.45, 2.75) is 24.6 Å². The van der Waals surface area contributed by atoms with E-state index >= 15 is 0 Å². The van der Waals surface area contributed by atoms with Crippen molar-refractivity contribution >= 4 is 11.9 Å². The molecule has 0 aromatic carbocycles. The SMILES string of the molecule is O=C(c1cnc(NC2(c3cncnc3)CC2)nc1)N1CC2C(C1)C2C(F)(F)F. The molecule has 1 aliphatic heterocycles. The minimum absolute atomic E-state index is 0.144. The van der Waals surface area contributed by atoms with Crippen LogP contribution in [0.2, 0.25) is 0 Å². The molecule has 0 bridgehead atoms. The van der Waals surface area contributed by atoms with Crippen LogP contribution in [0.4, 0.5) is 19.1 Å². The first-order chi connectivity index (χ1) is 13.4. The molecule has 28 heavy (non-hydrogen) atoms. The van der Waals surface area contributed by atoms with E-state index in [9.17, 15) is 18.0 Å². The van der Waals surface area contributed by atoms with Gasteiger partial charge >= 0.3 is 6.18 Å². The van der Waals surface area contributed by atoms with Gasteiger partial charge in [0.1, 0.15) is 6.33 Å². The number of nitrogens with one attached hydrogen (secondary N) is 1. The van der Waals surface area contributed by atoms with Gasteiger partial charge in [-0.15, -0.1) is 0 Å². The van der Waals surface area contributed by atoms with Gasteiger partial charge in [0.25, 0.3) is 5.91 Å². The van der Waals surface area contributed by atoms with Crippen molar-refractivity contribution in [3.8, 4) is 0 Å². The Morgan fingerprint density at radius 2 is 1.68 bits per heavy atom. The number of anilines is 1. The van der Waals surface area contributed by atoms with Crippen LogP contribution < -0.4 is 5.32 Å². The summed E-state index contributed by atoms with van der Waals surface area (Å²) < 4.78 is 38.3. The summed E-state index contributed by atoms with van der Waals surface area (Å²) in [6.45, 7) is 0.287. The molecule has 3 heterocycles. The maximum Gasteiger partial charge on any atom is 0.392 e. The van der Waals surface area contributed by atoms with Gasteiger partial charge in [-0.05, 0) is 24.7 Å². The number of amides is 1. The molecular weight excluding hydrogens is 373 g/mol. The van der Waals surface area contributed by atoms with Crippen molar-refractivity contribution in [3.63, 3.8) is 0 Å². The molecule has 3 fully saturated rings. The molecular formula is C18H17F3N6O. The van der Waals surface area contributed by atoms with E-state index in [1.54, 1.807) is 12.4 Å². The Labute approximate surface area is 158 Å². The fourth-order valence-electron chi connectivity index (χ4n) is 4.23. The number of likely N-dealkylation sites (tertiary alicyclic amines) is 1. The number of aromatic nitrogens is 4. The highest BCUT2D eigenvalue weighted by Crippen LogP contribution is 2.59. The fraction of sp³-hybridized carbons (Fsp3) is 0.500. The van der Waals surface area contributed by atoms with Crippen LogP contribution in [0, 0.1) is 17.8 Å². The molecule has 1 N–H and O–H groups in total. The predicted molar refractivity (Wildman–Crippen MR) is 91.0 cm³/mol. The van der Waals surface area contributed by atoms with Crippen molar-refractivity contribution in [1.82, 2.24) is 24.8 Å². The summed E-state index contributed by atoms with van der Waals surface area (Å²) in [5.41, 5.74) is 0.952. The van der Waals surface area contributed by atoms with Crippen LogP contribution in [0.15, 0.2) is 31.1 Å². The molecule has 5 rings (SSSR count). The second-order valence-corrected chi connectivity index (χ2v) is 7.73. The number of hydrogen-bond acceptors (Lipinski definition) is 6. The first-order valence-corrected chi connectivity index (χ1v) is 9.09. The standard InChI is InChI=1S/C18H17F3N6O/c19-18(20,21)14-12-7-27(8-13(12)14)15(28)10-3-24-16(25-4-10)26-17(1-2-17)11-5-22-9-23-6-11/h3-6,9,12-14H,1-2,7-8H2,(H,24,25,26). The summed E-state index contributed by atoms with van der Waals surface area (Å²) in [7, 11) is 0. The van der Waals surface area contributed by atoms with E-state index in [0.29, 0.717) is 5.95 Å². The van der Waals surface area contributed by atoms with Gasteiger partial charge < -0.3 is 10.2 Å². The quantitative estimate of drug-likeness (QED) is 0.862. The van der Waals surface area contributed by atoms with Crippen molar-refractivity contribution in [2.24, 2.45) is 17.8 Å².